The molecule has 1 aliphatic rings. The molecule has 0 saturated carbocycles. The van der Waals surface area contributed by atoms with Crippen molar-refractivity contribution in [3.05, 3.63) is 11.3 Å². The minimum absolute atomic E-state index is 0.265. The number of cyclic esters (lactones) is 1. The lowest BCUT2D eigenvalue weighted by molar-refractivity contribution is -0.135. The summed E-state index contributed by atoms with van der Waals surface area (Å²) in [5, 5.41) is 9.30. The molecule has 1 amide bonds. The summed E-state index contributed by atoms with van der Waals surface area (Å²) in [5.41, 5.74) is 4.40. The molecule has 0 fully saturated rings. The summed E-state index contributed by atoms with van der Waals surface area (Å²) in [7, 11) is 0. The van der Waals surface area contributed by atoms with Crippen LogP contribution in [0.5, 0.6) is 0 Å². The molecule has 0 aromatic carbocycles. The van der Waals surface area contributed by atoms with Crippen molar-refractivity contribution >= 4 is 17.9 Å². The number of hydrogen-bond acceptors (Lipinski definition) is 5. The first-order valence-electron chi connectivity index (χ1n) is 4.87. The van der Waals surface area contributed by atoms with Crippen LogP contribution in [0, 0.1) is 0 Å². The third-order valence-electron chi connectivity index (χ3n) is 1.69. The van der Waals surface area contributed by atoms with E-state index in [0.29, 0.717) is 0 Å². The molecule has 0 saturated heterocycles. The number of carbonyl (C=O) groups is 2. The first-order valence-corrected chi connectivity index (χ1v) is 4.87. The van der Waals surface area contributed by atoms with E-state index in [0.717, 1.165) is 0 Å². The summed E-state index contributed by atoms with van der Waals surface area (Å²) in [6, 6.07) is 0. The minimum atomic E-state index is -0.935. The maximum atomic E-state index is 11.3. The molecule has 7 nitrogen and oxygen atoms in total. The fourth-order valence-electron chi connectivity index (χ4n) is 1.09. The fraction of sp³-hybridized carbons (Fsp3) is 0.500. The molecule has 17 heavy (non-hydrogen) atoms. The average Bonchev–Trinajstić information content (AvgIpc) is 2.42. The molecule has 1 rings (SSSR count). The van der Waals surface area contributed by atoms with Crippen LogP contribution in [-0.2, 0) is 14.3 Å². The standard InChI is InChI=1S/C10H14N2O5/c1-10(2,3)17-9(15)12-7(11)6-5(13)4-16-8(6)14/h13H,4H2,1-3H3,(H2,11,12,15). The average molecular weight is 242 g/mol. The van der Waals surface area contributed by atoms with Gasteiger partial charge in [0.1, 0.15) is 29.4 Å². The zero-order chi connectivity index (χ0) is 13.2. The van der Waals surface area contributed by atoms with E-state index in [4.69, 9.17) is 10.5 Å². The number of aliphatic hydroxyl groups is 1. The maximum Gasteiger partial charge on any atom is 0.436 e. The monoisotopic (exact) mass is 242 g/mol. The van der Waals surface area contributed by atoms with Gasteiger partial charge in [-0.3, -0.25) is 0 Å². The van der Waals surface area contributed by atoms with E-state index < -0.39 is 23.5 Å². The van der Waals surface area contributed by atoms with E-state index in [1.807, 2.05) is 0 Å². The number of esters is 1. The Morgan fingerprint density at radius 3 is 2.53 bits per heavy atom. The summed E-state index contributed by atoms with van der Waals surface area (Å²) in [6.07, 6.45) is -0.935. The molecule has 0 unspecified atom stereocenters. The third kappa shape index (κ3) is 3.47. The molecular weight excluding hydrogens is 228 g/mol. The van der Waals surface area contributed by atoms with Gasteiger partial charge in [0.15, 0.2) is 0 Å². The number of aliphatic imine (C=N–C) groups is 1. The molecule has 7 heteroatoms. The molecule has 0 aromatic rings. The Bertz CT molecular complexity index is 417. The van der Waals surface area contributed by atoms with Gasteiger partial charge in [0.2, 0.25) is 0 Å². The van der Waals surface area contributed by atoms with Crippen LogP contribution in [0.1, 0.15) is 20.8 Å². The summed E-state index contributed by atoms with van der Waals surface area (Å²) >= 11 is 0. The highest BCUT2D eigenvalue weighted by Gasteiger charge is 2.28. The molecule has 1 heterocycles. The fourth-order valence-corrected chi connectivity index (χ4v) is 1.09. The minimum Gasteiger partial charge on any atom is -0.508 e. The van der Waals surface area contributed by atoms with Gasteiger partial charge in [-0.25, -0.2) is 9.59 Å². The number of nitrogens with two attached hydrogens (primary N) is 1. The second-order valence-electron chi connectivity index (χ2n) is 4.38. The first-order chi connectivity index (χ1) is 7.70. The summed E-state index contributed by atoms with van der Waals surface area (Å²) in [6.45, 7) is 4.73. The topological polar surface area (TPSA) is 111 Å². The summed E-state index contributed by atoms with van der Waals surface area (Å²) in [4.78, 5) is 25.8. The lowest BCUT2D eigenvalue weighted by Gasteiger charge is -2.17. The lowest BCUT2D eigenvalue weighted by Crippen LogP contribution is -2.26. The van der Waals surface area contributed by atoms with E-state index in [-0.39, 0.29) is 17.9 Å². The Morgan fingerprint density at radius 1 is 1.53 bits per heavy atom. The van der Waals surface area contributed by atoms with Crippen molar-refractivity contribution in [2.24, 2.45) is 10.7 Å². The summed E-state index contributed by atoms with van der Waals surface area (Å²) in [5.74, 6) is -1.58. The molecule has 0 aromatic heterocycles. The molecule has 1 aliphatic heterocycles. The smallest absolute Gasteiger partial charge is 0.436 e. The van der Waals surface area contributed by atoms with Crippen LogP contribution in [0.2, 0.25) is 0 Å². The largest absolute Gasteiger partial charge is 0.508 e. The Morgan fingerprint density at radius 2 is 2.12 bits per heavy atom. The van der Waals surface area contributed by atoms with Crippen LogP contribution in [0.15, 0.2) is 16.3 Å². The van der Waals surface area contributed by atoms with Crippen LogP contribution in [-0.4, -0.2) is 35.2 Å². The van der Waals surface area contributed by atoms with Crippen LogP contribution < -0.4 is 5.73 Å². The number of carbonyl (C=O) groups excluding carboxylic acids is 2. The zero-order valence-corrected chi connectivity index (χ0v) is 9.81. The van der Waals surface area contributed by atoms with Gasteiger partial charge in [0, 0.05) is 0 Å². The number of amides is 1. The van der Waals surface area contributed by atoms with Crippen LogP contribution >= 0.6 is 0 Å². The van der Waals surface area contributed by atoms with E-state index in [9.17, 15) is 14.7 Å². The molecule has 94 valence electrons. The second kappa shape index (κ2) is 4.44. The number of aliphatic hydroxyl groups excluding tert-OH is 1. The van der Waals surface area contributed by atoms with Gasteiger partial charge in [-0.05, 0) is 20.8 Å². The van der Waals surface area contributed by atoms with Crippen molar-refractivity contribution in [3.8, 4) is 0 Å². The molecule has 0 radical (unpaired) electrons. The van der Waals surface area contributed by atoms with Crippen molar-refractivity contribution in [3.63, 3.8) is 0 Å². The number of nitrogens with zero attached hydrogens (tertiary/aromatic N) is 1. The van der Waals surface area contributed by atoms with Crippen LogP contribution in [0.25, 0.3) is 0 Å². The Balaban J connectivity index is 2.83. The van der Waals surface area contributed by atoms with Crippen molar-refractivity contribution < 1.29 is 24.2 Å². The van der Waals surface area contributed by atoms with Gasteiger partial charge in [0.25, 0.3) is 0 Å². The SMILES string of the molecule is CC(C)(C)OC(=O)N=C(N)C1=C(O)COC1=O. The third-order valence-corrected chi connectivity index (χ3v) is 1.69. The Labute approximate surface area is 97.9 Å². The Kier molecular flexibility index (Phi) is 3.40. The zero-order valence-electron chi connectivity index (χ0n) is 9.81. The van der Waals surface area contributed by atoms with Gasteiger partial charge in [-0.2, -0.15) is 4.99 Å². The first kappa shape index (κ1) is 13.0. The predicted octanol–water partition coefficient (Wildman–Crippen LogP) is 0.648. The van der Waals surface area contributed by atoms with Gasteiger partial charge in [-0.15, -0.1) is 0 Å². The van der Waals surface area contributed by atoms with Gasteiger partial charge in [-0.1, -0.05) is 0 Å². The summed E-state index contributed by atoms with van der Waals surface area (Å²) < 4.78 is 9.38. The van der Waals surface area contributed by atoms with Crippen LogP contribution in [0.3, 0.4) is 0 Å². The predicted molar refractivity (Wildman–Crippen MR) is 58.5 cm³/mol. The van der Waals surface area contributed by atoms with Crippen molar-refractivity contribution in [1.29, 1.82) is 0 Å². The van der Waals surface area contributed by atoms with Crippen LogP contribution in [0.4, 0.5) is 4.79 Å². The molecular formula is C10H14N2O5. The Hall–Kier alpha value is -2.05. The van der Waals surface area contributed by atoms with Gasteiger partial charge in [0.05, 0.1) is 0 Å². The maximum absolute atomic E-state index is 11.3. The highest BCUT2D eigenvalue weighted by molar-refractivity contribution is 6.21. The molecule has 0 spiro atoms. The van der Waals surface area contributed by atoms with Crippen molar-refractivity contribution in [1.82, 2.24) is 0 Å². The second-order valence-corrected chi connectivity index (χ2v) is 4.38. The van der Waals surface area contributed by atoms with E-state index >= 15 is 0 Å². The number of ether oxygens (including phenoxy) is 2. The lowest BCUT2D eigenvalue weighted by atomic mass is 10.2. The van der Waals surface area contributed by atoms with E-state index in [1.54, 1.807) is 20.8 Å². The van der Waals surface area contributed by atoms with Gasteiger partial charge < -0.3 is 20.3 Å². The molecule has 0 bridgehead atoms. The number of hydrogen-bond donors (Lipinski definition) is 2. The highest BCUT2D eigenvalue weighted by atomic mass is 16.6. The molecule has 3 N–H and O–H groups in total. The van der Waals surface area contributed by atoms with E-state index in [1.165, 1.54) is 0 Å². The van der Waals surface area contributed by atoms with E-state index in [2.05, 4.69) is 9.73 Å². The normalized spacial score (nSPS) is 17.1. The number of rotatable bonds is 1. The number of amidine groups is 1. The van der Waals surface area contributed by atoms with Crippen molar-refractivity contribution in [2.75, 3.05) is 6.61 Å². The van der Waals surface area contributed by atoms with Gasteiger partial charge >= 0.3 is 12.1 Å². The molecule has 0 atom stereocenters. The quantitative estimate of drug-likeness (QED) is 0.396. The highest BCUT2D eigenvalue weighted by Crippen LogP contribution is 2.14. The van der Waals surface area contributed by atoms with Crippen molar-refractivity contribution in [2.45, 2.75) is 26.4 Å². The molecule has 0 aliphatic carbocycles.